The van der Waals surface area contributed by atoms with Crippen LogP contribution in [0.3, 0.4) is 0 Å². The van der Waals surface area contributed by atoms with Crippen LogP contribution in [-0.2, 0) is 6.54 Å². The highest BCUT2D eigenvalue weighted by Gasteiger charge is 2.25. The minimum atomic E-state index is -0.649. The van der Waals surface area contributed by atoms with Crippen molar-refractivity contribution in [1.29, 1.82) is 0 Å². The molecule has 2 aliphatic heterocycles. The van der Waals surface area contributed by atoms with Crippen molar-refractivity contribution in [2.24, 2.45) is 0 Å². The van der Waals surface area contributed by atoms with Crippen molar-refractivity contribution in [2.75, 3.05) is 39.3 Å². The van der Waals surface area contributed by atoms with Crippen LogP contribution in [0.2, 0.25) is 5.02 Å². The lowest BCUT2D eigenvalue weighted by Gasteiger charge is -2.34. The van der Waals surface area contributed by atoms with Gasteiger partial charge < -0.3 is 24.9 Å². The number of halogens is 1. The first-order valence-electron chi connectivity index (χ1n) is 10.3. The van der Waals surface area contributed by atoms with E-state index in [1.54, 1.807) is 6.07 Å². The summed E-state index contributed by atoms with van der Waals surface area (Å²) < 4.78 is 0.680. The number of aromatic nitrogens is 1. The summed E-state index contributed by atoms with van der Waals surface area (Å²) in [6.45, 7) is 4.31. The van der Waals surface area contributed by atoms with Crippen LogP contribution in [0.5, 0.6) is 11.8 Å². The summed E-state index contributed by atoms with van der Waals surface area (Å²) in [6.07, 6.45) is 1.44. The van der Waals surface area contributed by atoms with E-state index in [4.69, 9.17) is 16.4 Å². The molecule has 10 heteroatoms. The van der Waals surface area contributed by atoms with Gasteiger partial charge in [0, 0.05) is 68.5 Å². The van der Waals surface area contributed by atoms with Gasteiger partial charge in [-0.25, -0.2) is 4.79 Å². The third-order valence-corrected chi connectivity index (χ3v) is 6.04. The number of nitrogens with zero attached hydrogens (tertiary/aromatic N) is 4. The first-order valence-corrected chi connectivity index (χ1v) is 10.7. The second-order valence-corrected chi connectivity index (χ2v) is 8.18. The third-order valence-electron chi connectivity index (χ3n) is 5.68. The number of hydrogen-bond acceptors (Lipinski definition) is 6. The average molecular weight is 449 g/mol. The molecule has 2 aliphatic rings. The molecular weight excluding hydrogens is 424 g/mol. The Morgan fingerprint density at radius 3 is 2.16 bits per heavy atom. The van der Waals surface area contributed by atoms with Crippen LogP contribution >= 0.6 is 11.6 Å². The number of likely N-dealkylation sites (tertiary alicyclic amines) is 1. The van der Waals surface area contributed by atoms with E-state index < -0.39 is 6.09 Å². The summed E-state index contributed by atoms with van der Waals surface area (Å²) in [5.41, 5.74) is 1.54. The zero-order valence-corrected chi connectivity index (χ0v) is 17.8. The molecule has 166 valence electrons. The van der Waals surface area contributed by atoms with E-state index in [-0.39, 0.29) is 17.7 Å². The molecule has 31 heavy (non-hydrogen) atoms. The van der Waals surface area contributed by atoms with Crippen molar-refractivity contribution in [2.45, 2.75) is 19.4 Å². The first-order chi connectivity index (χ1) is 14.9. The normalized spacial score (nSPS) is 17.2. The highest BCUT2D eigenvalue weighted by molar-refractivity contribution is 6.31. The minimum Gasteiger partial charge on any atom is -0.492 e. The predicted octanol–water partition coefficient (Wildman–Crippen LogP) is 2.16. The molecule has 0 radical (unpaired) electrons. The van der Waals surface area contributed by atoms with Crippen molar-refractivity contribution in [3.8, 4) is 11.8 Å². The van der Waals surface area contributed by atoms with Gasteiger partial charge in [-0.05, 0) is 30.5 Å². The molecule has 2 saturated heterocycles. The SMILES string of the molecule is O=C(On1c(O)ccc1O)N1CCN(Cc2ccc(C(=O)N3CCCC3)cc2Cl)CC1. The van der Waals surface area contributed by atoms with Gasteiger partial charge in [0.1, 0.15) is 0 Å². The Labute approximate surface area is 184 Å². The lowest BCUT2D eigenvalue weighted by Crippen LogP contribution is -2.50. The number of carbonyl (C=O) groups is 2. The third kappa shape index (κ3) is 4.72. The van der Waals surface area contributed by atoms with Crippen molar-refractivity contribution in [3.05, 3.63) is 46.5 Å². The average Bonchev–Trinajstić information content (AvgIpc) is 3.41. The number of benzene rings is 1. The van der Waals surface area contributed by atoms with Crippen molar-refractivity contribution >= 4 is 23.6 Å². The molecule has 2 N–H and O–H groups in total. The summed E-state index contributed by atoms with van der Waals surface area (Å²) in [5.74, 6) is -0.686. The van der Waals surface area contributed by atoms with E-state index >= 15 is 0 Å². The van der Waals surface area contributed by atoms with Crippen molar-refractivity contribution < 1.29 is 24.6 Å². The van der Waals surface area contributed by atoms with Crippen LogP contribution in [0.25, 0.3) is 0 Å². The highest BCUT2D eigenvalue weighted by atomic mass is 35.5. The van der Waals surface area contributed by atoms with E-state index in [2.05, 4.69) is 4.90 Å². The molecule has 2 fully saturated rings. The molecule has 1 aromatic heterocycles. The molecule has 0 aliphatic carbocycles. The van der Waals surface area contributed by atoms with Crippen LogP contribution in [0.1, 0.15) is 28.8 Å². The van der Waals surface area contributed by atoms with Crippen LogP contribution in [0, 0.1) is 0 Å². The lowest BCUT2D eigenvalue weighted by atomic mass is 10.1. The molecular formula is C21H25ClN4O5. The molecule has 0 saturated carbocycles. The number of amides is 2. The van der Waals surface area contributed by atoms with Gasteiger partial charge in [0.2, 0.25) is 11.8 Å². The van der Waals surface area contributed by atoms with Gasteiger partial charge in [-0.2, -0.15) is 0 Å². The van der Waals surface area contributed by atoms with E-state index in [0.29, 0.717) is 48.0 Å². The molecule has 0 atom stereocenters. The number of piperazine rings is 1. The molecule has 3 heterocycles. The monoisotopic (exact) mass is 448 g/mol. The molecule has 4 rings (SSSR count). The Bertz CT molecular complexity index is 945. The number of aromatic hydroxyl groups is 2. The Balaban J connectivity index is 1.30. The largest absolute Gasteiger partial charge is 0.492 e. The van der Waals surface area contributed by atoms with Crippen LogP contribution in [0.15, 0.2) is 30.3 Å². The quantitative estimate of drug-likeness (QED) is 0.743. The van der Waals surface area contributed by atoms with Gasteiger partial charge in [0.25, 0.3) is 5.91 Å². The fourth-order valence-electron chi connectivity index (χ4n) is 3.87. The summed E-state index contributed by atoms with van der Waals surface area (Å²) >= 11 is 6.46. The van der Waals surface area contributed by atoms with Gasteiger partial charge in [-0.1, -0.05) is 17.7 Å². The topological polar surface area (TPSA) is 98.5 Å². The van der Waals surface area contributed by atoms with Crippen molar-refractivity contribution in [1.82, 2.24) is 19.4 Å². The molecule has 0 bridgehead atoms. The maximum atomic E-state index is 12.5. The van der Waals surface area contributed by atoms with Gasteiger partial charge in [-0.3, -0.25) is 9.69 Å². The van der Waals surface area contributed by atoms with Gasteiger partial charge >= 0.3 is 6.09 Å². The van der Waals surface area contributed by atoms with E-state index in [1.807, 2.05) is 17.0 Å². The fourth-order valence-corrected chi connectivity index (χ4v) is 4.11. The van der Waals surface area contributed by atoms with Crippen LogP contribution in [0.4, 0.5) is 4.79 Å². The lowest BCUT2D eigenvalue weighted by molar-refractivity contribution is 0.0555. The summed E-state index contributed by atoms with van der Waals surface area (Å²) in [6, 6.07) is 7.92. The predicted molar refractivity (Wildman–Crippen MR) is 113 cm³/mol. The fraction of sp³-hybridized carbons (Fsp3) is 0.429. The van der Waals surface area contributed by atoms with Gasteiger partial charge in [0.05, 0.1) is 0 Å². The second-order valence-electron chi connectivity index (χ2n) is 7.77. The molecule has 1 aromatic carbocycles. The number of hydrogen-bond donors (Lipinski definition) is 2. The summed E-state index contributed by atoms with van der Waals surface area (Å²) in [5, 5.41) is 19.7. The minimum absolute atomic E-state index is 0.0258. The van der Waals surface area contributed by atoms with Crippen LogP contribution in [-0.4, -0.2) is 80.9 Å². The smallest absolute Gasteiger partial charge is 0.434 e. The number of rotatable bonds is 4. The molecule has 2 amide bonds. The van der Waals surface area contributed by atoms with Crippen LogP contribution < -0.4 is 4.84 Å². The molecule has 0 unspecified atom stereocenters. The van der Waals surface area contributed by atoms with E-state index in [0.717, 1.165) is 31.5 Å². The van der Waals surface area contributed by atoms with E-state index in [9.17, 15) is 19.8 Å². The maximum absolute atomic E-state index is 12.5. The first kappa shape index (κ1) is 21.3. The van der Waals surface area contributed by atoms with Gasteiger partial charge in [0.15, 0.2) is 0 Å². The zero-order chi connectivity index (χ0) is 22.0. The summed E-state index contributed by atoms with van der Waals surface area (Å²) in [7, 11) is 0. The Kier molecular flexibility index (Phi) is 6.24. The highest BCUT2D eigenvalue weighted by Crippen LogP contribution is 2.23. The standard InChI is InChI=1S/C21H25ClN4O5/c22-17-13-15(20(29)24-7-1-2-8-24)3-4-16(17)14-23-9-11-25(12-10-23)21(30)31-26-18(27)5-6-19(26)28/h3-6,13,27-28H,1-2,7-12,14H2. The maximum Gasteiger partial charge on any atom is 0.434 e. The van der Waals surface area contributed by atoms with E-state index in [1.165, 1.54) is 17.0 Å². The van der Waals surface area contributed by atoms with Crippen molar-refractivity contribution in [3.63, 3.8) is 0 Å². The Hall–Kier alpha value is -2.91. The Morgan fingerprint density at radius 1 is 0.903 bits per heavy atom. The second kappa shape index (κ2) is 9.07. The Morgan fingerprint density at radius 2 is 1.55 bits per heavy atom. The summed E-state index contributed by atoms with van der Waals surface area (Å²) in [4.78, 5) is 35.4. The number of carbonyl (C=O) groups excluding carboxylic acids is 2. The zero-order valence-electron chi connectivity index (χ0n) is 17.0. The molecule has 9 nitrogen and oxygen atoms in total. The molecule has 2 aromatic rings. The molecule has 0 spiro atoms. The van der Waals surface area contributed by atoms with Gasteiger partial charge in [-0.15, -0.1) is 4.73 Å².